The van der Waals surface area contributed by atoms with Gasteiger partial charge >= 0.3 is 0 Å². The molecule has 0 amide bonds. The lowest BCUT2D eigenvalue weighted by molar-refractivity contribution is 0.173. The lowest BCUT2D eigenvalue weighted by Crippen LogP contribution is -2.03. The highest BCUT2D eigenvalue weighted by Crippen LogP contribution is 2.34. The molecular weight excluding hydrogens is 242 g/mol. The number of nitrogens with zero attached hydrogens (tertiary/aromatic N) is 1. The highest BCUT2D eigenvalue weighted by atomic mass is 35.5. The van der Waals surface area contributed by atoms with Crippen molar-refractivity contribution in [3.63, 3.8) is 0 Å². The number of ether oxygens (including phenoxy) is 1. The van der Waals surface area contributed by atoms with Gasteiger partial charge < -0.3 is 14.7 Å². The Morgan fingerprint density at radius 1 is 1.59 bits per heavy atom. The lowest BCUT2D eigenvalue weighted by Gasteiger charge is -2.03. The number of oxime groups is 1. The van der Waals surface area contributed by atoms with Crippen LogP contribution in [-0.2, 0) is 4.84 Å². The van der Waals surface area contributed by atoms with Gasteiger partial charge in [0.15, 0.2) is 0 Å². The van der Waals surface area contributed by atoms with Gasteiger partial charge in [-0.2, -0.15) is 0 Å². The number of rotatable bonds is 3. The Morgan fingerprint density at radius 2 is 2.41 bits per heavy atom. The summed E-state index contributed by atoms with van der Waals surface area (Å²) >= 11 is 5.35. The first-order valence-corrected chi connectivity index (χ1v) is 5.57. The van der Waals surface area contributed by atoms with Crippen LogP contribution in [0.25, 0.3) is 0 Å². The molecule has 0 spiro atoms. The molecule has 1 aromatic rings. The molecule has 0 bridgehead atoms. The third-order valence-electron chi connectivity index (χ3n) is 2.48. The van der Waals surface area contributed by atoms with Crippen molar-refractivity contribution in [2.24, 2.45) is 5.16 Å². The van der Waals surface area contributed by atoms with E-state index < -0.39 is 0 Å². The summed E-state index contributed by atoms with van der Waals surface area (Å²) in [5.74, 6) is 0.885. The average molecular weight is 254 g/mol. The Hall–Kier alpha value is -1.68. The summed E-state index contributed by atoms with van der Waals surface area (Å²) in [5, 5.41) is 13.5. The molecule has 0 aliphatic carbocycles. The smallest absolute Gasteiger partial charge is 0.136 e. The predicted molar refractivity (Wildman–Crippen MR) is 65.8 cm³/mol. The second-order valence-electron chi connectivity index (χ2n) is 3.57. The Labute approximate surface area is 104 Å². The van der Waals surface area contributed by atoms with Gasteiger partial charge in [-0.25, -0.2) is 0 Å². The van der Waals surface area contributed by atoms with Gasteiger partial charge in [0.2, 0.25) is 0 Å². The van der Waals surface area contributed by atoms with Crippen LogP contribution < -0.4 is 4.74 Å². The van der Waals surface area contributed by atoms with Crippen molar-refractivity contribution in [2.45, 2.75) is 6.92 Å². The van der Waals surface area contributed by atoms with Crippen LogP contribution in [0.15, 0.2) is 28.9 Å². The van der Waals surface area contributed by atoms with E-state index in [1.165, 1.54) is 5.54 Å². The van der Waals surface area contributed by atoms with E-state index in [2.05, 4.69) is 5.16 Å². The van der Waals surface area contributed by atoms with E-state index in [4.69, 9.17) is 21.2 Å². The molecule has 0 radical (unpaired) electrons. The van der Waals surface area contributed by atoms with E-state index in [9.17, 15) is 5.11 Å². The Morgan fingerprint density at radius 3 is 3.18 bits per heavy atom. The van der Waals surface area contributed by atoms with Crippen LogP contribution in [0.2, 0.25) is 0 Å². The van der Waals surface area contributed by atoms with E-state index in [0.29, 0.717) is 30.2 Å². The van der Waals surface area contributed by atoms with Gasteiger partial charge in [0.1, 0.15) is 30.4 Å². The molecule has 0 aromatic heterocycles. The van der Waals surface area contributed by atoms with Crippen molar-refractivity contribution < 1.29 is 14.7 Å². The molecule has 0 fully saturated rings. The highest BCUT2D eigenvalue weighted by Gasteiger charge is 2.23. The summed E-state index contributed by atoms with van der Waals surface area (Å²) in [6.45, 7) is 2.47. The second-order valence-corrected chi connectivity index (χ2v) is 3.82. The molecule has 1 N–H and O–H groups in total. The van der Waals surface area contributed by atoms with Gasteiger partial charge in [-0.15, -0.1) is 0 Å². The number of hydrogen-bond donors (Lipinski definition) is 1. The fourth-order valence-electron chi connectivity index (χ4n) is 1.58. The van der Waals surface area contributed by atoms with Crippen molar-refractivity contribution in [1.82, 2.24) is 0 Å². The van der Waals surface area contributed by atoms with Gasteiger partial charge in [0.25, 0.3) is 0 Å². The van der Waals surface area contributed by atoms with Gasteiger partial charge in [0, 0.05) is 16.7 Å². The topological polar surface area (TPSA) is 51.0 Å². The number of aromatic hydroxyl groups is 1. The minimum Gasteiger partial charge on any atom is -0.508 e. The molecule has 1 aliphatic heterocycles. The van der Waals surface area contributed by atoms with Crippen LogP contribution in [0.1, 0.15) is 11.1 Å². The Bertz CT molecular complexity index is 483. The molecule has 1 aromatic carbocycles. The van der Waals surface area contributed by atoms with E-state index in [1.807, 2.05) is 0 Å². The zero-order valence-electron chi connectivity index (χ0n) is 9.31. The summed E-state index contributed by atoms with van der Waals surface area (Å²) < 4.78 is 5.46. The van der Waals surface area contributed by atoms with Crippen LogP contribution in [0.4, 0.5) is 0 Å². The van der Waals surface area contributed by atoms with Gasteiger partial charge in [-0.1, -0.05) is 16.8 Å². The first-order valence-electron chi connectivity index (χ1n) is 5.14. The maximum atomic E-state index is 9.54. The zero-order valence-corrected chi connectivity index (χ0v) is 10.1. The van der Waals surface area contributed by atoms with Crippen LogP contribution >= 0.6 is 11.6 Å². The average Bonchev–Trinajstić information content (AvgIpc) is 2.73. The number of halogens is 1. The maximum absolute atomic E-state index is 9.54. The molecule has 1 heterocycles. The summed E-state index contributed by atoms with van der Waals surface area (Å²) in [4.78, 5) is 5.06. The molecule has 5 heteroatoms. The maximum Gasteiger partial charge on any atom is 0.136 e. The number of phenolic OH excluding ortho intramolecular Hbond substituents is 1. The minimum absolute atomic E-state index is 0.219. The molecule has 90 valence electrons. The number of benzene rings is 1. The Balaban J connectivity index is 2.20. The van der Waals surface area contributed by atoms with Gasteiger partial charge in [-0.3, -0.25) is 0 Å². The van der Waals surface area contributed by atoms with Crippen molar-refractivity contribution in [2.75, 3.05) is 13.2 Å². The third kappa shape index (κ3) is 2.36. The number of phenols is 1. The molecule has 4 nitrogen and oxygen atoms in total. The quantitative estimate of drug-likeness (QED) is 0.665. The van der Waals surface area contributed by atoms with E-state index in [1.54, 1.807) is 25.1 Å². The molecule has 0 saturated carbocycles. The standard InChI is InChI=1S/C12H12ClNO3/c1-8-11(15)4-3-9-10(7-16-12(8)9)14-17-6-2-5-13/h2-5,15H,6-7H2,1H3/b5-2+,14-10?. The summed E-state index contributed by atoms with van der Waals surface area (Å²) in [5.41, 5.74) is 3.66. The van der Waals surface area contributed by atoms with Crippen molar-refractivity contribution in [3.8, 4) is 11.5 Å². The SMILES string of the molecule is Cc1c(O)ccc2c1OCC2=NOC/C=C/Cl. The minimum atomic E-state index is 0.219. The van der Waals surface area contributed by atoms with Crippen LogP contribution in [0.5, 0.6) is 11.5 Å². The molecule has 0 saturated heterocycles. The fraction of sp³-hybridized carbons (Fsp3) is 0.250. The van der Waals surface area contributed by atoms with Gasteiger partial charge in [-0.05, 0) is 25.1 Å². The highest BCUT2D eigenvalue weighted by molar-refractivity contribution is 6.25. The molecule has 17 heavy (non-hydrogen) atoms. The van der Waals surface area contributed by atoms with Crippen molar-refractivity contribution in [3.05, 3.63) is 34.9 Å². The Kier molecular flexibility index (Phi) is 3.54. The largest absolute Gasteiger partial charge is 0.508 e. The van der Waals surface area contributed by atoms with Crippen LogP contribution in [0.3, 0.4) is 0 Å². The molecule has 0 atom stereocenters. The fourth-order valence-corrected chi connectivity index (χ4v) is 1.66. The van der Waals surface area contributed by atoms with Gasteiger partial charge in [0.05, 0.1) is 0 Å². The molecular formula is C12H12ClNO3. The van der Waals surface area contributed by atoms with Crippen molar-refractivity contribution >= 4 is 17.3 Å². The number of fused-ring (bicyclic) bond motifs is 1. The van der Waals surface area contributed by atoms with Crippen LogP contribution in [-0.4, -0.2) is 24.0 Å². The zero-order chi connectivity index (χ0) is 12.3. The van der Waals surface area contributed by atoms with E-state index in [0.717, 1.165) is 5.56 Å². The summed E-state index contributed by atoms with van der Waals surface area (Å²) in [6, 6.07) is 3.39. The predicted octanol–water partition coefficient (Wildman–Crippen LogP) is 2.57. The molecule has 2 rings (SSSR count). The van der Waals surface area contributed by atoms with E-state index >= 15 is 0 Å². The first kappa shape index (κ1) is 11.8. The normalized spacial score (nSPS) is 16.2. The van der Waals surface area contributed by atoms with E-state index in [-0.39, 0.29) is 5.75 Å². The van der Waals surface area contributed by atoms with Crippen LogP contribution in [0, 0.1) is 6.92 Å². The first-order chi connectivity index (χ1) is 8.24. The summed E-state index contributed by atoms with van der Waals surface area (Å²) in [7, 11) is 0. The molecule has 1 aliphatic rings. The monoisotopic (exact) mass is 253 g/mol. The number of hydrogen-bond acceptors (Lipinski definition) is 4. The van der Waals surface area contributed by atoms with Crippen molar-refractivity contribution in [1.29, 1.82) is 0 Å². The lowest BCUT2D eigenvalue weighted by atomic mass is 10.1. The molecule has 0 unspecified atom stereocenters. The second kappa shape index (κ2) is 5.10. The summed E-state index contributed by atoms with van der Waals surface area (Å²) in [6.07, 6.45) is 1.64. The third-order valence-corrected chi connectivity index (χ3v) is 2.65.